The Morgan fingerprint density at radius 3 is 2.50 bits per heavy atom. The summed E-state index contributed by atoms with van der Waals surface area (Å²) in [6.45, 7) is 0.628. The molecular formula is C10H16N4O3S. The normalized spacial score (nSPS) is 11.2. The van der Waals surface area contributed by atoms with Crippen LogP contribution in [-0.2, 0) is 10.0 Å². The molecular weight excluding hydrogens is 256 g/mol. The molecule has 0 bridgehead atoms. The van der Waals surface area contributed by atoms with E-state index in [1.807, 2.05) is 0 Å². The van der Waals surface area contributed by atoms with Crippen LogP contribution in [0.3, 0.4) is 0 Å². The summed E-state index contributed by atoms with van der Waals surface area (Å²) in [4.78, 5) is 10.9. The molecule has 1 aromatic carbocycles. The third kappa shape index (κ3) is 4.60. The molecule has 0 unspecified atom stereocenters. The van der Waals surface area contributed by atoms with Crippen molar-refractivity contribution in [3.8, 4) is 0 Å². The largest absolute Gasteiger partial charge is 0.397 e. The number of hydrogen-bond acceptors (Lipinski definition) is 5. The Labute approximate surface area is 106 Å². The summed E-state index contributed by atoms with van der Waals surface area (Å²) >= 11 is 0. The smallest absolute Gasteiger partial charge is 0.248 e. The van der Waals surface area contributed by atoms with Crippen LogP contribution in [0.25, 0.3) is 0 Å². The molecule has 0 radical (unpaired) electrons. The number of anilines is 2. The maximum atomic E-state index is 10.9. The van der Waals surface area contributed by atoms with Crippen molar-refractivity contribution in [2.24, 2.45) is 5.73 Å². The van der Waals surface area contributed by atoms with E-state index in [2.05, 4.69) is 10.0 Å². The minimum absolute atomic E-state index is 0.246. The van der Waals surface area contributed by atoms with Gasteiger partial charge >= 0.3 is 0 Å². The lowest BCUT2D eigenvalue weighted by Crippen LogP contribution is -2.27. The van der Waals surface area contributed by atoms with Gasteiger partial charge in [0.05, 0.1) is 17.6 Å². The van der Waals surface area contributed by atoms with Crippen molar-refractivity contribution in [3.63, 3.8) is 0 Å². The van der Waals surface area contributed by atoms with E-state index < -0.39 is 15.9 Å². The lowest BCUT2D eigenvalue weighted by molar-refractivity contribution is 0.100. The van der Waals surface area contributed by atoms with Crippen LogP contribution >= 0.6 is 0 Å². The second-order valence-corrected chi connectivity index (χ2v) is 5.59. The number of hydrogen-bond donors (Lipinski definition) is 4. The molecule has 100 valence electrons. The lowest BCUT2D eigenvalue weighted by Gasteiger charge is -2.10. The number of amides is 1. The minimum atomic E-state index is -3.19. The fourth-order valence-corrected chi connectivity index (χ4v) is 1.78. The highest BCUT2D eigenvalue weighted by Gasteiger charge is 2.04. The number of carbonyl (C=O) groups is 1. The molecule has 0 atom stereocenters. The van der Waals surface area contributed by atoms with Gasteiger partial charge in [0.25, 0.3) is 0 Å². The molecule has 1 aromatic rings. The number of primary amides is 1. The van der Waals surface area contributed by atoms with Crippen LogP contribution in [0.4, 0.5) is 11.4 Å². The van der Waals surface area contributed by atoms with Crippen LogP contribution in [-0.4, -0.2) is 33.7 Å². The molecule has 6 N–H and O–H groups in total. The van der Waals surface area contributed by atoms with Crippen molar-refractivity contribution in [1.82, 2.24) is 4.72 Å². The Morgan fingerprint density at radius 1 is 1.33 bits per heavy atom. The van der Waals surface area contributed by atoms with Gasteiger partial charge in [0.1, 0.15) is 0 Å². The van der Waals surface area contributed by atoms with E-state index in [9.17, 15) is 13.2 Å². The number of benzene rings is 1. The SMILES string of the molecule is CS(=O)(=O)NCCNc1ccc(C(N)=O)cc1N. The molecule has 0 saturated carbocycles. The van der Waals surface area contributed by atoms with Crippen molar-refractivity contribution >= 4 is 27.3 Å². The predicted octanol–water partition coefficient (Wildman–Crippen LogP) is -0.671. The number of nitrogens with two attached hydrogens (primary N) is 2. The van der Waals surface area contributed by atoms with E-state index in [1.54, 1.807) is 12.1 Å². The molecule has 7 nitrogen and oxygen atoms in total. The zero-order chi connectivity index (χ0) is 13.8. The van der Waals surface area contributed by atoms with E-state index in [-0.39, 0.29) is 6.54 Å². The molecule has 1 amide bonds. The van der Waals surface area contributed by atoms with Gasteiger partial charge in [-0.1, -0.05) is 0 Å². The predicted molar refractivity (Wildman–Crippen MR) is 70.7 cm³/mol. The summed E-state index contributed by atoms with van der Waals surface area (Å²) in [6.07, 6.45) is 1.09. The zero-order valence-corrected chi connectivity index (χ0v) is 10.8. The summed E-state index contributed by atoms with van der Waals surface area (Å²) in [5.41, 5.74) is 12.2. The van der Waals surface area contributed by atoms with Crippen molar-refractivity contribution in [2.75, 3.05) is 30.4 Å². The Balaban J connectivity index is 2.56. The summed E-state index contributed by atoms with van der Waals surface area (Å²) in [5.74, 6) is -0.549. The first-order valence-corrected chi connectivity index (χ1v) is 7.06. The molecule has 8 heteroatoms. The molecule has 0 aliphatic rings. The van der Waals surface area contributed by atoms with Crippen molar-refractivity contribution in [1.29, 1.82) is 0 Å². The van der Waals surface area contributed by atoms with Crippen molar-refractivity contribution < 1.29 is 13.2 Å². The molecule has 0 aromatic heterocycles. The highest BCUT2D eigenvalue weighted by Crippen LogP contribution is 2.19. The fourth-order valence-electron chi connectivity index (χ4n) is 1.31. The van der Waals surface area contributed by atoms with E-state index >= 15 is 0 Å². The van der Waals surface area contributed by atoms with Gasteiger partial charge in [-0.3, -0.25) is 4.79 Å². The Hall–Kier alpha value is -1.80. The highest BCUT2D eigenvalue weighted by atomic mass is 32.2. The average molecular weight is 272 g/mol. The third-order valence-electron chi connectivity index (χ3n) is 2.14. The van der Waals surface area contributed by atoms with Crippen LogP contribution in [0.1, 0.15) is 10.4 Å². The summed E-state index contributed by atoms with van der Waals surface area (Å²) in [7, 11) is -3.19. The number of rotatable bonds is 6. The van der Waals surface area contributed by atoms with Crippen LogP contribution in [0.2, 0.25) is 0 Å². The second-order valence-electron chi connectivity index (χ2n) is 3.76. The van der Waals surface area contributed by atoms with Crippen LogP contribution in [0.15, 0.2) is 18.2 Å². The molecule has 0 spiro atoms. The number of carbonyl (C=O) groups excluding carboxylic acids is 1. The Morgan fingerprint density at radius 2 is 2.00 bits per heavy atom. The molecule has 0 aliphatic carbocycles. The van der Waals surface area contributed by atoms with Crippen LogP contribution in [0, 0.1) is 0 Å². The summed E-state index contributed by atoms with van der Waals surface area (Å²) in [6, 6.07) is 4.63. The number of nitrogen functional groups attached to an aromatic ring is 1. The van der Waals surface area contributed by atoms with Crippen molar-refractivity contribution in [3.05, 3.63) is 23.8 Å². The van der Waals surface area contributed by atoms with Gasteiger partial charge < -0.3 is 16.8 Å². The molecule has 18 heavy (non-hydrogen) atoms. The maximum absolute atomic E-state index is 10.9. The van der Waals surface area contributed by atoms with Crippen molar-refractivity contribution in [2.45, 2.75) is 0 Å². The standard InChI is InChI=1S/C10H16N4O3S/c1-18(16,17)14-5-4-13-9-3-2-7(10(12)15)6-8(9)11/h2-3,6,13-14H,4-5,11H2,1H3,(H2,12,15). The topological polar surface area (TPSA) is 127 Å². The van der Waals surface area contributed by atoms with E-state index in [0.29, 0.717) is 23.5 Å². The minimum Gasteiger partial charge on any atom is -0.397 e. The fraction of sp³-hybridized carbons (Fsp3) is 0.300. The highest BCUT2D eigenvalue weighted by molar-refractivity contribution is 7.88. The van der Waals surface area contributed by atoms with Gasteiger partial charge in [-0.15, -0.1) is 0 Å². The van der Waals surface area contributed by atoms with Crippen LogP contribution in [0.5, 0.6) is 0 Å². The number of sulfonamides is 1. The summed E-state index contributed by atoms with van der Waals surface area (Å²) < 4.78 is 24.0. The molecule has 0 saturated heterocycles. The first-order valence-electron chi connectivity index (χ1n) is 5.17. The van der Waals surface area contributed by atoms with E-state index in [4.69, 9.17) is 11.5 Å². The quantitative estimate of drug-likeness (QED) is 0.403. The van der Waals surface area contributed by atoms with Gasteiger partial charge in [0, 0.05) is 18.7 Å². The summed E-state index contributed by atoms with van der Waals surface area (Å²) in [5, 5.41) is 2.95. The first-order chi connectivity index (χ1) is 8.29. The zero-order valence-electron chi connectivity index (χ0n) is 9.93. The van der Waals surface area contributed by atoms with Gasteiger partial charge in [-0.2, -0.15) is 0 Å². The third-order valence-corrected chi connectivity index (χ3v) is 2.87. The van der Waals surface area contributed by atoms with E-state index in [0.717, 1.165) is 6.26 Å². The molecule has 0 heterocycles. The average Bonchev–Trinajstić information content (AvgIpc) is 2.24. The molecule has 0 fully saturated rings. The lowest BCUT2D eigenvalue weighted by atomic mass is 10.1. The van der Waals surface area contributed by atoms with Gasteiger partial charge in [-0.25, -0.2) is 13.1 Å². The van der Waals surface area contributed by atoms with Gasteiger partial charge in [0.2, 0.25) is 15.9 Å². The second kappa shape index (κ2) is 5.69. The Bertz CT molecular complexity index is 542. The van der Waals surface area contributed by atoms with Gasteiger partial charge in [-0.05, 0) is 18.2 Å². The van der Waals surface area contributed by atoms with E-state index in [1.165, 1.54) is 6.07 Å². The van der Waals surface area contributed by atoms with Gasteiger partial charge in [0.15, 0.2) is 0 Å². The number of nitrogens with one attached hydrogen (secondary N) is 2. The monoisotopic (exact) mass is 272 g/mol. The molecule has 1 rings (SSSR count). The Kier molecular flexibility index (Phi) is 4.51. The maximum Gasteiger partial charge on any atom is 0.248 e. The van der Waals surface area contributed by atoms with Crippen LogP contribution < -0.4 is 21.5 Å². The first kappa shape index (κ1) is 14.3. The molecule has 0 aliphatic heterocycles.